The summed E-state index contributed by atoms with van der Waals surface area (Å²) >= 11 is 0. The van der Waals surface area contributed by atoms with Crippen molar-refractivity contribution < 1.29 is 19.4 Å². The molecule has 116 valence electrons. The summed E-state index contributed by atoms with van der Waals surface area (Å²) in [6, 6.07) is 8.68. The van der Waals surface area contributed by atoms with E-state index in [0.717, 1.165) is 5.56 Å². The highest BCUT2D eigenvalue weighted by molar-refractivity contribution is 5.81. The van der Waals surface area contributed by atoms with Crippen molar-refractivity contribution in [2.75, 3.05) is 13.2 Å². The first kappa shape index (κ1) is 17.1. The van der Waals surface area contributed by atoms with Crippen molar-refractivity contribution in [2.24, 2.45) is 5.73 Å². The van der Waals surface area contributed by atoms with Gasteiger partial charge in [0.25, 0.3) is 0 Å². The van der Waals surface area contributed by atoms with Crippen LogP contribution in [0, 0.1) is 0 Å². The van der Waals surface area contributed by atoms with Gasteiger partial charge in [-0.2, -0.15) is 0 Å². The first-order valence-electron chi connectivity index (χ1n) is 6.95. The molecule has 0 fully saturated rings. The maximum absolute atomic E-state index is 11.7. The Hall–Kier alpha value is -1.92. The lowest BCUT2D eigenvalue weighted by Gasteiger charge is -2.18. The largest absolute Gasteiger partial charge is 0.466 e. The summed E-state index contributed by atoms with van der Waals surface area (Å²) in [6.45, 7) is 2.13. The highest BCUT2D eigenvalue weighted by Gasteiger charge is 2.22. The monoisotopic (exact) mass is 294 g/mol. The van der Waals surface area contributed by atoms with Crippen LogP contribution < -0.4 is 11.1 Å². The summed E-state index contributed by atoms with van der Waals surface area (Å²) < 4.78 is 4.73. The van der Waals surface area contributed by atoms with Gasteiger partial charge < -0.3 is 20.9 Å². The zero-order chi connectivity index (χ0) is 15.7. The Bertz CT molecular complexity index is 450. The summed E-state index contributed by atoms with van der Waals surface area (Å²) in [5.41, 5.74) is 6.77. The zero-order valence-corrected chi connectivity index (χ0v) is 12.1. The lowest BCUT2D eigenvalue weighted by molar-refractivity contribution is -0.143. The molecule has 0 aromatic heterocycles. The van der Waals surface area contributed by atoms with Crippen LogP contribution in [0.15, 0.2) is 30.3 Å². The van der Waals surface area contributed by atoms with Crippen molar-refractivity contribution in [3.63, 3.8) is 0 Å². The summed E-state index contributed by atoms with van der Waals surface area (Å²) in [5.74, 6) is -0.969. The van der Waals surface area contributed by atoms with E-state index in [0.29, 0.717) is 13.0 Å². The molecule has 0 radical (unpaired) electrons. The molecule has 1 amide bonds. The van der Waals surface area contributed by atoms with E-state index in [-0.39, 0.29) is 18.9 Å². The number of aliphatic hydroxyl groups is 1. The quantitative estimate of drug-likeness (QED) is 0.585. The second-order valence-electron chi connectivity index (χ2n) is 4.64. The van der Waals surface area contributed by atoms with Gasteiger partial charge in [-0.05, 0) is 18.9 Å². The molecule has 6 heteroatoms. The number of amides is 1. The number of nitrogens with one attached hydrogen (secondary N) is 1. The van der Waals surface area contributed by atoms with E-state index < -0.39 is 18.1 Å². The van der Waals surface area contributed by atoms with Gasteiger partial charge in [0, 0.05) is 12.6 Å². The van der Waals surface area contributed by atoms with Crippen LogP contribution in [0.3, 0.4) is 0 Å². The minimum absolute atomic E-state index is 0.0697. The average molecular weight is 294 g/mol. The van der Waals surface area contributed by atoms with E-state index in [9.17, 15) is 14.7 Å². The topological polar surface area (TPSA) is 102 Å². The number of hydrogen-bond acceptors (Lipinski definition) is 5. The van der Waals surface area contributed by atoms with E-state index >= 15 is 0 Å². The summed E-state index contributed by atoms with van der Waals surface area (Å²) in [6.07, 6.45) is -0.847. The van der Waals surface area contributed by atoms with E-state index in [1.165, 1.54) is 0 Å². The summed E-state index contributed by atoms with van der Waals surface area (Å²) in [5, 5.41) is 12.3. The maximum atomic E-state index is 11.7. The van der Waals surface area contributed by atoms with Gasteiger partial charge in [-0.1, -0.05) is 30.3 Å². The van der Waals surface area contributed by atoms with Gasteiger partial charge in [-0.25, -0.2) is 0 Å². The van der Waals surface area contributed by atoms with Gasteiger partial charge in [0.05, 0.1) is 13.0 Å². The number of carbonyl (C=O) groups excluding carboxylic acids is 2. The zero-order valence-electron chi connectivity index (χ0n) is 12.1. The Morgan fingerprint density at radius 3 is 2.62 bits per heavy atom. The van der Waals surface area contributed by atoms with Crippen LogP contribution in [0.4, 0.5) is 0 Å². The number of esters is 1. The van der Waals surface area contributed by atoms with Crippen LogP contribution in [0.25, 0.3) is 0 Å². The van der Waals surface area contributed by atoms with E-state index in [2.05, 4.69) is 5.32 Å². The second kappa shape index (κ2) is 9.10. The third kappa shape index (κ3) is 6.37. The van der Waals surface area contributed by atoms with Crippen molar-refractivity contribution in [1.29, 1.82) is 0 Å². The van der Waals surface area contributed by atoms with Crippen molar-refractivity contribution in [3.8, 4) is 0 Å². The molecular weight excluding hydrogens is 272 g/mol. The maximum Gasteiger partial charge on any atom is 0.307 e. The third-order valence-electron chi connectivity index (χ3n) is 2.92. The molecule has 0 saturated heterocycles. The molecule has 6 nitrogen and oxygen atoms in total. The van der Waals surface area contributed by atoms with E-state index in [4.69, 9.17) is 10.5 Å². The van der Waals surface area contributed by atoms with Gasteiger partial charge in [-0.15, -0.1) is 0 Å². The fraction of sp³-hybridized carbons (Fsp3) is 0.467. The van der Waals surface area contributed by atoms with Crippen molar-refractivity contribution in [3.05, 3.63) is 35.9 Å². The first-order chi connectivity index (χ1) is 10.0. The van der Waals surface area contributed by atoms with Crippen LogP contribution in [0.5, 0.6) is 0 Å². The number of benzene rings is 1. The Balaban J connectivity index is 2.34. The average Bonchev–Trinajstić information content (AvgIpc) is 2.47. The minimum atomic E-state index is -1.31. The molecule has 0 spiro atoms. The van der Waals surface area contributed by atoms with Crippen LogP contribution in [-0.4, -0.2) is 42.3 Å². The Morgan fingerprint density at radius 1 is 1.33 bits per heavy atom. The van der Waals surface area contributed by atoms with Gasteiger partial charge >= 0.3 is 5.97 Å². The number of aliphatic hydroxyl groups excluding tert-OH is 1. The van der Waals surface area contributed by atoms with Crippen LogP contribution >= 0.6 is 0 Å². The summed E-state index contributed by atoms with van der Waals surface area (Å²) in [4.78, 5) is 22.8. The lowest BCUT2D eigenvalue weighted by atomic mass is 10.0. The van der Waals surface area contributed by atoms with Crippen molar-refractivity contribution in [2.45, 2.75) is 31.9 Å². The highest BCUT2D eigenvalue weighted by atomic mass is 16.5. The summed E-state index contributed by atoms with van der Waals surface area (Å²) in [7, 11) is 0. The molecule has 1 rings (SSSR count). The van der Waals surface area contributed by atoms with Gasteiger partial charge in [-0.3, -0.25) is 9.59 Å². The van der Waals surface area contributed by atoms with Crippen molar-refractivity contribution >= 4 is 11.9 Å². The lowest BCUT2D eigenvalue weighted by Crippen LogP contribution is -2.47. The fourth-order valence-electron chi connectivity index (χ4n) is 1.82. The number of ether oxygens (including phenoxy) is 1. The number of nitrogens with two attached hydrogens (primary N) is 1. The van der Waals surface area contributed by atoms with Gasteiger partial charge in [0.1, 0.15) is 6.10 Å². The Morgan fingerprint density at radius 2 is 2.00 bits per heavy atom. The number of carbonyl (C=O) groups is 2. The van der Waals surface area contributed by atoms with Crippen LogP contribution in [-0.2, 0) is 20.7 Å². The number of rotatable bonds is 8. The first-order valence-corrected chi connectivity index (χ1v) is 6.95. The van der Waals surface area contributed by atoms with Crippen molar-refractivity contribution in [1.82, 2.24) is 5.32 Å². The molecule has 1 aromatic carbocycles. The smallest absolute Gasteiger partial charge is 0.307 e. The molecule has 0 aliphatic rings. The standard InChI is InChI=1S/C15H22N2O4/c1-2-21-13(18)8-9-17-15(20)14(19)12(16)10-11-6-4-3-5-7-11/h3-7,12,14,19H,2,8-10,16H2,1H3,(H,17,20). The van der Waals surface area contributed by atoms with Crippen LogP contribution in [0.2, 0.25) is 0 Å². The van der Waals surface area contributed by atoms with Gasteiger partial charge in [0.15, 0.2) is 0 Å². The normalized spacial score (nSPS) is 13.3. The minimum Gasteiger partial charge on any atom is -0.466 e. The molecular formula is C15H22N2O4. The number of hydrogen-bond donors (Lipinski definition) is 3. The molecule has 4 N–H and O–H groups in total. The molecule has 0 heterocycles. The van der Waals surface area contributed by atoms with E-state index in [1.54, 1.807) is 6.92 Å². The highest BCUT2D eigenvalue weighted by Crippen LogP contribution is 2.04. The Labute approximate surface area is 124 Å². The molecule has 21 heavy (non-hydrogen) atoms. The molecule has 0 aliphatic carbocycles. The Kier molecular flexibility index (Phi) is 7.42. The SMILES string of the molecule is CCOC(=O)CCNC(=O)C(O)C(N)Cc1ccccc1. The predicted molar refractivity (Wildman–Crippen MR) is 78.4 cm³/mol. The van der Waals surface area contributed by atoms with Crippen LogP contribution in [0.1, 0.15) is 18.9 Å². The van der Waals surface area contributed by atoms with Gasteiger partial charge in [0.2, 0.25) is 5.91 Å². The molecule has 1 aromatic rings. The van der Waals surface area contributed by atoms with E-state index in [1.807, 2.05) is 30.3 Å². The molecule has 2 atom stereocenters. The fourth-order valence-corrected chi connectivity index (χ4v) is 1.82. The third-order valence-corrected chi connectivity index (χ3v) is 2.92. The predicted octanol–water partition coefficient (Wildman–Crippen LogP) is -0.0133. The second-order valence-corrected chi connectivity index (χ2v) is 4.64. The molecule has 0 aliphatic heterocycles. The molecule has 0 bridgehead atoms. The molecule has 2 unspecified atom stereocenters. The molecule has 0 saturated carbocycles.